The molecule has 3 amide bonds. The van der Waals surface area contributed by atoms with Crippen molar-refractivity contribution in [2.24, 2.45) is 0 Å². The van der Waals surface area contributed by atoms with Crippen LogP contribution in [0.1, 0.15) is 58.5 Å². The number of pyridine rings is 2. The highest BCUT2D eigenvalue weighted by atomic mass is 35.5. The molecule has 3 aromatic rings. The number of halogens is 1. The molecule has 2 aromatic heterocycles. The molecule has 8 nitrogen and oxygen atoms in total. The van der Waals surface area contributed by atoms with Crippen LogP contribution in [0.3, 0.4) is 0 Å². The zero-order chi connectivity index (χ0) is 25.1. The van der Waals surface area contributed by atoms with Crippen LogP contribution in [0.2, 0.25) is 5.02 Å². The third-order valence-corrected chi connectivity index (χ3v) is 7.11. The van der Waals surface area contributed by atoms with E-state index in [-0.39, 0.29) is 22.9 Å². The SMILES string of the molecule is O=C(Nc1cccnc1C(=O)Nc1ccc(Cl)cn1)c1ccc(C2(CCN3CCCC3=O)CC2)cc1. The summed E-state index contributed by atoms with van der Waals surface area (Å²) in [7, 11) is 0. The normalized spacial score (nSPS) is 16.0. The van der Waals surface area contributed by atoms with E-state index in [0.29, 0.717) is 28.5 Å². The van der Waals surface area contributed by atoms with E-state index in [4.69, 9.17) is 11.6 Å². The van der Waals surface area contributed by atoms with Gasteiger partial charge in [-0.2, -0.15) is 0 Å². The average Bonchev–Trinajstić information content (AvgIpc) is 3.58. The predicted molar refractivity (Wildman–Crippen MR) is 137 cm³/mol. The molecule has 36 heavy (non-hydrogen) atoms. The minimum Gasteiger partial charge on any atom is -0.343 e. The molecule has 0 spiro atoms. The van der Waals surface area contributed by atoms with Crippen LogP contribution in [0.15, 0.2) is 60.9 Å². The number of rotatable bonds is 8. The molecule has 5 rings (SSSR count). The fraction of sp³-hybridized carbons (Fsp3) is 0.296. The lowest BCUT2D eigenvalue weighted by molar-refractivity contribution is -0.127. The van der Waals surface area contributed by atoms with Gasteiger partial charge in [-0.25, -0.2) is 9.97 Å². The van der Waals surface area contributed by atoms with Crippen LogP contribution in [0, 0.1) is 0 Å². The number of anilines is 2. The van der Waals surface area contributed by atoms with E-state index in [1.165, 1.54) is 18.0 Å². The quantitative estimate of drug-likeness (QED) is 0.464. The van der Waals surface area contributed by atoms with Crippen molar-refractivity contribution >= 4 is 40.8 Å². The Morgan fingerprint density at radius 2 is 1.81 bits per heavy atom. The van der Waals surface area contributed by atoms with E-state index in [1.54, 1.807) is 36.4 Å². The molecule has 1 aliphatic carbocycles. The van der Waals surface area contributed by atoms with Crippen molar-refractivity contribution < 1.29 is 14.4 Å². The Morgan fingerprint density at radius 3 is 2.47 bits per heavy atom. The van der Waals surface area contributed by atoms with Gasteiger partial charge in [0.25, 0.3) is 11.8 Å². The average molecular weight is 504 g/mol. The van der Waals surface area contributed by atoms with Gasteiger partial charge in [-0.3, -0.25) is 14.4 Å². The Morgan fingerprint density at radius 1 is 1.00 bits per heavy atom. The number of hydrogen-bond acceptors (Lipinski definition) is 5. The van der Waals surface area contributed by atoms with E-state index in [0.717, 1.165) is 38.8 Å². The number of carbonyl (C=O) groups is 3. The van der Waals surface area contributed by atoms with Crippen molar-refractivity contribution in [3.63, 3.8) is 0 Å². The lowest BCUT2D eigenvalue weighted by Gasteiger charge is -2.21. The van der Waals surface area contributed by atoms with Crippen molar-refractivity contribution in [2.45, 2.75) is 37.5 Å². The second-order valence-electron chi connectivity index (χ2n) is 9.26. The number of nitrogens with zero attached hydrogens (tertiary/aromatic N) is 3. The smallest absolute Gasteiger partial charge is 0.277 e. The summed E-state index contributed by atoms with van der Waals surface area (Å²) in [5.41, 5.74) is 2.16. The van der Waals surface area contributed by atoms with Crippen LogP contribution in [0.4, 0.5) is 11.5 Å². The summed E-state index contributed by atoms with van der Waals surface area (Å²) in [5.74, 6) is -0.249. The third kappa shape index (κ3) is 5.23. The van der Waals surface area contributed by atoms with Crippen LogP contribution >= 0.6 is 11.6 Å². The molecular weight excluding hydrogens is 478 g/mol. The van der Waals surface area contributed by atoms with Crippen LogP contribution in [-0.4, -0.2) is 45.7 Å². The second-order valence-corrected chi connectivity index (χ2v) is 9.70. The van der Waals surface area contributed by atoms with E-state index in [9.17, 15) is 14.4 Å². The van der Waals surface area contributed by atoms with Gasteiger partial charge in [-0.1, -0.05) is 23.7 Å². The fourth-order valence-corrected chi connectivity index (χ4v) is 4.72. The van der Waals surface area contributed by atoms with Crippen LogP contribution in [-0.2, 0) is 10.2 Å². The van der Waals surface area contributed by atoms with Gasteiger partial charge >= 0.3 is 0 Å². The topological polar surface area (TPSA) is 104 Å². The Labute approximate surface area is 214 Å². The van der Waals surface area contributed by atoms with Gasteiger partial charge in [-0.05, 0) is 73.1 Å². The van der Waals surface area contributed by atoms with Crippen molar-refractivity contribution in [3.05, 3.63) is 82.8 Å². The highest BCUT2D eigenvalue weighted by molar-refractivity contribution is 6.30. The summed E-state index contributed by atoms with van der Waals surface area (Å²) in [6.45, 7) is 1.65. The fourth-order valence-electron chi connectivity index (χ4n) is 4.61. The van der Waals surface area contributed by atoms with Crippen LogP contribution in [0.25, 0.3) is 0 Å². The van der Waals surface area contributed by atoms with Gasteiger partial charge in [0.1, 0.15) is 5.82 Å². The number of amides is 3. The monoisotopic (exact) mass is 503 g/mol. The Kier molecular flexibility index (Phi) is 6.69. The third-order valence-electron chi connectivity index (χ3n) is 6.88. The number of nitrogens with one attached hydrogen (secondary N) is 2. The van der Waals surface area contributed by atoms with Crippen molar-refractivity contribution in [3.8, 4) is 0 Å². The first-order chi connectivity index (χ1) is 17.4. The first-order valence-corrected chi connectivity index (χ1v) is 12.4. The predicted octanol–water partition coefficient (Wildman–Crippen LogP) is 4.68. The number of aromatic nitrogens is 2. The van der Waals surface area contributed by atoms with Crippen molar-refractivity contribution in [2.75, 3.05) is 23.7 Å². The molecule has 0 radical (unpaired) electrons. The van der Waals surface area contributed by atoms with Gasteiger partial charge in [0.2, 0.25) is 5.91 Å². The molecule has 3 heterocycles. The maximum Gasteiger partial charge on any atom is 0.277 e. The Balaban J connectivity index is 1.24. The Bertz CT molecular complexity index is 1290. The van der Waals surface area contributed by atoms with Gasteiger partial charge < -0.3 is 15.5 Å². The zero-order valence-electron chi connectivity index (χ0n) is 19.7. The molecule has 184 valence electrons. The summed E-state index contributed by atoms with van der Waals surface area (Å²) in [4.78, 5) is 47.8. The second kappa shape index (κ2) is 10.1. The molecule has 0 atom stereocenters. The molecule has 1 saturated heterocycles. The molecule has 9 heteroatoms. The van der Waals surface area contributed by atoms with Gasteiger partial charge in [-0.15, -0.1) is 0 Å². The summed E-state index contributed by atoms with van der Waals surface area (Å²) in [6, 6.07) is 14.1. The Hall–Kier alpha value is -3.78. The van der Waals surface area contributed by atoms with E-state index >= 15 is 0 Å². The number of benzene rings is 1. The van der Waals surface area contributed by atoms with Crippen LogP contribution < -0.4 is 10.6 Å². The van der Waals surface area contributed by atoms with Gasteiger partial charge in [0.15, 0.2) is 5.69 Å². The van der Waals surface area contributed by atoms with Gasteiger partial charge in [0.05, 0.1) is 10.7 Å². The first kappa shape index (κ1) is 23.9. The lowest BCUT2D eigenvalue weighted by Crippen LogP contribution is -2.28. The molecular formula is C27H26ClN5O3. The summed E-state index contributed by atoms with van der Waals surface area (Å²) in [5, 5.41) is 5.91. The molecule has 0 bridgehead atoms. The number of likely N-dealkylation sites (tertiary alicyclic amines) is 1. The molecule has 1 aliphatic heterocycles. The lowest BCUT2D eigenvalue weighted by atomic mass is 9.91. The largest absolute Gasteiger partial charge is 0.343 e. The molecule has 1 aromatic carbocycles. The first-order valence-electron chi connectivity index (χ1n) is 12.0. The molecule has 2 N–H and O–H groups in total. The number of hydrogen-bond donors (Lipinski definition) is 2. The molecule has 2 fully saturated rings. The molecule has 1 saturated carbocycles. The van der Waals surface area contributed by atoms with Crippen molar-refractivity contribution in [1.29, 1.82) is 0 Å². The van der Waals surface area contributed by atoms with E-state index in [1.807, 2.05) is 17.0 Å². The zero-order valence-corrected chi connectivity index (χ0v) is 20.4. The summed E-state index contributed by atoms with van der Waals surface area (Å²) < 4.78 is 0. The highest BCUT2D eigenvalue weighted by Crippen LogP contribution is 2.51. The number of carbonyl (C=O) groups excluding carboxylic acids is 3. The maximum atomic E-state index is 13.0. The van der Waals surface area contributed by atoms with Gasteiger partial charge in [0, 0.05) is 37.5 Å². The molecule has 2 aliphatic rings. The highest BCUT2D eigenvalue weighted by Gasteiger charge is 2.44. The maximum absolute atomic E-state index is 13.0. The standard InChI is InChI=1S/C27H26ClN5O3/c28-20-9-10-22(30-17-20)32-26(36)24-21(3-1-14-29-24)31-25(35)18-5-7-19(8-6-18)27(11-12-27)13-16-33-15-2-4-23(33)34/h1,3,5-10,14,17H,2,4,11-13,15-16H2,(H,31,35)(H,30,32,36). The summed E-state index contributed by atoms with van der Waals surface area (Å²) >= 11 is 5.84. The van der Waals surface area contributed by atoms with E-state index in [2.05, 4.69) is 20.6 Å². The van der Waals surface area contributed by atoms with E-state index < -0.39 is 5.91 Å². The summed E-state index contributed by atoms with van der Waals surface area (Å²) in [6.07, 6.45) is 7.66. The molecule has 0 unspecified atom stereocenters. The minimum absolute atomic E-state index is 0.0765. The van der Waals surface area contributed by atoms with Crippen LogP contribution in [0.5, 0.6) is 0 Å². The van der Waals surface area contributed by atoms with Crippen molar-refractivity contribution in [1.82, 2.24) is 14.9 Å². The minimum atomic E-state index is -0.497.